The Kier molecular flexibility index (Phi) is 5.84. The van der Waals surface area contributed by atoms with E-state index < -0.39 is 32.7 Å². The maximum absolute atomic E-state index is 13.1. The lowest BCUT2D eigenvalue weighted by molar-refractivity contribution is -0.137. The van der Waals surface area contributed by atoms with Crippen LogP contribution in [0.2, 0.25) is 5.02 Å². The van der Waals surface area contributed by atoms with Crippen molar-refractivity contribution in [2.24, 2.45) is 0 Å². The van der Waals surface area contributed by atoms with Crippen LogP contribution in [0.1, 0.15) is 24.0 Å². The Bertz CT molecular complexity index is 975. The summed E-state index contributed by atoms with van der Waals surface area (Å²) in [5.41, 5.74) is -0.246. The number of nitrogens with zero attached hydrogens (tertiary/aromatic N) is 1. The highest BCUT2D eigenvalue weighted by Gasteiger charge is 2.38. The summed E-state index contributed by atoms with van der Waals surface area (Å²) < 4.78 is 66.2. The van der Waals surface area contributed by atoms with Gasteiger partial charge < -0.3 is 0 Å². The lowest BCUT2D eigenvalue weighted by atomic mass is 9.97. The molecule has 1 aliphatic heterocycles. The van der Waals surface area contributed by atoms with Crippen molar-refractivity contribution in [2.75, 3.05) is 6.54 Å². The van der Waals surface area contributed by atoms with E-state index in [4.69, 9.17) is 11.6 Å². The first-order valence-electron chi connectivity index (χ1n) is 8.52. The molecule has 3 rings (SSSR count). The van der Waals surface area contributed by atoms with Gasteiger partial charge in [0.05, 0.1) is 10.5 Å². The summed E-state index contributed by atoms with van der Waals surface area (Å²) in [6.45, 7) is -0.0599. The van der Waals surface area contributed by atoms with Gasteiger partial charge in [-0.25, -0.2) is 8.42 Å². The van der Waals surface area contributed by atoms with Gasteiger partial charge >= 0.3 is 6.18 Å². The van der Waals surface area contributed by atoms with Crippen LogP contribution in [0.3, 0.4) is 0 Å². The first-order valence-corrected chi connectivity index (χ1v) is 10.3. The molecule has 1 unspecified atom stereocenters. The fraction of sp³-hybridized carbons (Fsp3) is 0.316. The summed E-state index contributed by atoms with van der Waals surface area (Å²) in [5.74, 6) is -0.0746. The highest BCUT2D eigenvalue weighted by atomic mass is 35.5. The monoisotopic (exact) mass is 431 g/mol. The van der Waals surface area contributed by atoms with E-state index in [9.17, 15) is 26.4 Å². The van der Waals surface area contributed by atoms with Gasteiger partial charge in [-0.2, -0.15) is 17.5 Å². The van der Waals surface area contributed by atoms with Crippen LogP contribution >= 0.6 is 11.6 Å². The van der Waals surface area contributed by atoms with Gasteiger partial charge in [0.25, 0.3) is 0 Å². The van der Waals surface area contributed by atoms with E-state index in [0.717, 1.165) is 28.1 Å². The van der Waals surface area contributed by atoms with E-state index in [2.05, 4.69) is 0 Å². The predicted octanol–water partition coefficient (Wildman–Crippen LogP) is 4.32. The summed E-state index contributed by atoms with van der Waals surface area (Å²) in [6.07, 6.45) is -4.33. The van der Waals surface area contributed by atoms with E-state index in [1.807, 2.05) is 0 Å². The van der Waals surface area contributed by atoms with Gasteiger partial charge in [0.15, 0.2) is 0 Å². The maximum Gasteiger partial charge on any atom is 0.416 e. The summed E-state index contributed by atoms with van der Waals surface area (Å²) in [6, 6.07) is 9.78. The Hall–Kier alpha value is -1.90. The van der Waals surface area contributed by atoms with Crippen LogP contribution in [-0.4, -0.2) is 31.1 Å². The van der Waals surface area contributed by atoms with Crippen LogP contribution in [-0.2, 0) is 27.4 Å². The third kappa shape index (κ3) is 4.56. The second-order valence-electron chi connectivity index (χ2n) is 6.62. The van der Waals surface area contributed by atoms with Crippen molar-refractivity contribution < 1.29 is 26.4 Å². The SMILES string of the molecule is O=C1CCN(S(=O)(=O)c2cccc(C(F)(F)F)c2)C(Cc2ccc(Cl)cc2)C1. The molecule has 28 heavy (non-hydrogen) atoms. The van der Waals surface area contributed by atoms with Crippen LogP contribution in [0, 0.1) is 0 Å². The Balaban J connectivity index is 1.93. The first-order chi connectivity index (χ1) is 13.1. The van der Waals surface area contributed by atoms with Crippen LogP contribution in [0.4, 0.5) is 13.2 Å². The summed E-state index contributed by atoms with van der Waals surface area (Å²) in [5, 5.41) is 0.525. The number of carbonyl (C=O) groups is 1. The Morgan fingerprint density at radius 3 is 2.43 bits per heavy atom. The van der Waals surface area contributed by atoms with Crippen molar-refractivity contribution in [3.63, 3.8) is 0 Å². The number of benzene rings is 2. The maximum atomic E-state index is 13.1. The normalized spacial score (nSPS) is 19.0. The molecule has 0 radical (unpaired) electrons. The zero-order valence-electron chi connectivity index (χ0n) is 14.6. The molecule has 4 nitrogen and oxygen atoms in total. The lowest BCUT2D eigenvalue weighted by Gasteiger charge is -2.34. The quantitative estimate of drug-likeness (QED) is 0.724. The van der Waals surface area contributed by atoms with E-state index in [0.29, 0.717) is 11.1 Å². The van der Waals surface area contributed by atoms with Crippen LogP contribution in [0.15, 0.2) is 53.4 Å². The van der Waals surface area contributed by atoms with E-state index in [1.165, 1.54) is 0 Å². The number of ketones is 1. The van der Waals surface area contributed by atoms with Gasteiger partial charge in [0.2, 0.25) is 10.0 Å². The number of sulfonamides is 1. The van der Waals surface area contributed by atoms with Gasteiger partial charge in [-0.1, -0.05) is 29.8 Å². The standard InChI is InChI=1S/C19H17ClF3NO3S/c20-15-6-4-13(5-7-15)10-16-12-17(25)8-9-24(16)28(26,27)18-3-1-2-14(11-18)19(21,22)23/h1-7,11,16H,8-10,12H2. The molecule has 1 saturated heterocycles. The summed E-state index contributed by atoms with van der Waals surface area (Å²) in [4.78, 5) is 11.5. The highest BCUT2D eigenvalue weighted by molar-refractivity contribution is 7.89. The van der Waals surface area contributed by atoms with Crippen molar-refractivity contribution in [1.82, 2.24) is 4.31 Å². The number of hydrogen-bond donors (Lipinski definition) is 0. The number of halogens is 4. The molecule has 0 bridgehead atoms. The third-order valence-corrected chi connectivity index (χ3v) is 6.83. The number of alkyl halides is 3. The first kappa shape index (κ1) is 20.8. The largest absolute Gasteiger partial charge is 0.416 e. The molecule has 150 valence electrons. The van der Waals surface area contributed by atoms with Crippen LogP contribution in [0.5, 0.6) is 0 Å². The van der Waals surface area contributed by atoms with E-state index >= 15 is 0 Å². The minimum Gasteiger partial charge on any atom is -0.300 e. The zero-order valence-corrected chi connectivity index (χ0v) is 16.2. The molecule has 1 fully saturated rings. The predicted molar refractivity (Wildman–Crippen MR) is 98.5 cm³/mol. The van der Waals surface area contributed by atoms with Crippen LogP contribution in [0.25, 0.3) is 0 Å². The van der Waals surface area contributed by atoms with Crippen molar-refractivity contribution in [3.05, 3.63) is 64.7 Å². The van der Waals surface area contributed by atoms with Gasteiger partial charge in [-0.05, 0) is 42.3 Å². The molecular weight excluding hydrogens is 415 g/mol. The molecule has 0 spiro atoms. The smallest absolute Gasteiger partial charge is 0.300 e. The molecule has 1 atom stereocenters. The molecule has 2 aromatic rings. The van der Waals surface area contributed by atoms with Gasteiger partial charge in [0.1, 0.15) is 5.78 Å². The molecule has 1 heterocycles. The number of hydrogen-bond acceptors (Lipinski definition) is 3. The highest BCUT2D eigenvalue weighted by Crippen LogP contribution is 2.32. The average Bonchev–Trinajstić information content (AvgIpc) is 2.63. The van der Waals surface area contributed by atoms with Crippen molar-refractivity contribution in [1.29, 1.82) is 0 Å². The lowest BCUT2D eigenvalue weighted by Crippen LogP contribution is -2.47. The van der Waals surface area contributed by atoms with Crippen molar-refractivity contribution in [3.8, 4) is 0 Å². The number of rotatable bonds is 4. The average molecular weight is 432 g/mol. The molecule has 0 saturated carbocycles. The summed E-state index contributed by atoms with van der Waals surface area (Å²) in [7, 11) is -4.19. The third-order valence-electron chi connectivity index (χ3n) is 4.63. The van der Waals surface area contributed by atoms with Crippen LogP contribution < -0.4 is 0 Å². The molecule has 0 amide bonds. The Labute approximate surface area is 166 Å². The second-order valence-corrected chi connectivity index (χ2v) is 8.95. The Morgan fingerprint density at radius 2 is 1.79 bits per heavy atom. The molecule has 0 aromatic heterocycles. The number of carbonyl (C=O) groups excluding carboxylic acids is 1. The number of piperidine rings is 1. The van der Waals surface area contributed by atoms with Gasteiger partial charge in [-0.3, -0.25) is 4.79 Å². The molecule has 1 aliphatic rings. The minimum atomic E-state index is -4.65. The molecule has 9 heteroatoms. The zero-order chi connectivity index (χ0) is 20.5. The van der Waals surface area contributed by atoms with Gasteiger partial charge in [0, 0.05) is 30.5 Å². The van der Waals surface area contributed by atoms with E-state index in [1.54, 1.807) is 24.3 Å². The molecular formula is C19H17ClF3NO3S. The Morgan fingerprint density at radius 1 is 1.11 bits per heavy atom. The van der Waals surface area contributed by atoms with Crippen molar-refractivity contribution in [2.45, 2.75) is 36.4 Å². The fourth-order valence-electron chi connectivity index (χ4n) is 3.24. The minimum absolute atomic E-state index is 0.0147. The molecule has 0 N–H and O–H groups in total. The van der Waals surface area contributed by atoms with Crippen molar-refractivity contribution >= 4 is 27.4 Å². The fourth-order valence-corrected chi connectivity index (χ4v) is 5.03. The second kappa shape index (κ2) is 7.85. The summed E-state index contributed by atoms with van der Waals surface area (Å²) >= 11 is 5.86. The van der Waals surface area contributed by atoms with E-state index in [-0.39, 0.29) is 31.6 Å². The topological polar surface area (TPSA) is 54.5 Å². The molecule has 0 aliphatic carbocycles. The van der Waals surface area contributed by atoms with Gasteiger partial charge in [-0.15, -0.1) is 0 Å². The molecule has 2 aromatic carbocycles. The number of Topliss-reactive ketones (excluding diaryl/α,β-unsaturated/α-hetero) is 1.